The third-order valence-electron chi connectivity index (χ3n) is 8.98. The molecule has 0 atom stereocenters. The first-order valence-electron chi connectivity index (χ1n) is 19.3. The monoisotopic (exact) mass is 832 g/mol. The number of hydrogen-bond donors (Lipinski definition) is 2. The van der Waals surface area contributed by atoms with Crippen LogP contribution >= 0.6 is 0 Å². The molecule has 8 nitrogen and oxygen atoms in total. The van der Waals surface area contributed by atoms with E-state index >= 15 is 0 Å². The smallest absolute Gasteiger partial charge is 0.312 e. The van der Waals surface area contributed by atoms with Crippen LogP contribution in [0.3, 0.4) is 0 Å². The van der Waals surface area contributed by atoms with Gasteiger partial charge in [-0.1, -0.05) is 52.4 Å². The van der Waals surface area contributed by atoms with E-state index in [0.29, 0.717) is 0 Å². The number of aliphatic hydroxyl groups is 2. The predicted molar refractivity (Wildman–Crippen MR) is 230 cm³/mol. The molecule has 0 saturated heterocycles. The highest BCUT2D eigenvalue weighted by Gasteiger charge is 2.45. The summed E-state index contributed by atoms with van der Waals surface area (Å²) in [6.45, 7) is 40.2. The van der Waals surface area contributed by atoms with Crippen LogP contribution in [0.1, 0.15) is 65.2 Å². The van der Waals surface area contributed by atoms with Crippen LogP contribution in [0.2, 0.25) is 129 Å². The van der Waals surface area contributed by atoms with Crippen LogP contribution in [0, 0.1) is 5.41 Å². The van der Waals surface area contributed by atoms with Crippen LogP contribution < -0.4 is 0 Å². The predicted octanol–water partition coefficient (Wildman–Crippen LogP) is 10.8. The van der Waals surface area contributed by atoms with Crippen molar-refractivity contribution in [2.45, 2.75) is 194 Å². The van der Waals surface area contributed by atoms with Crippen LogP contribution in [0.25, 0.3) is 0 Å². The normalized spacial score (nSPS) is 14.9. The molecule has 0 aliphatic heterocycles. The Hall–Kier alpha value is 1.42. The first kappa shape index (κ1) is 50.4. The van der Waals surface area contributed by atoms with E-state index in [1.54, 1.807) is 0 Å². The van der Waals surface area contributed by atoms with E-state index in [1.807, 2.05) is 0 Å². The molecular weight excluding hydrogens is 749 g/mol. The molecule has 296 valence electrons. The molecule has 0 fully saturated rings. The Bertz CT molecular complexity index is 872. The zero-order valence-corrected chi connectivity index (χ0v) is 43.7. The van der Waals surface area contributed by atoms with Crippen molar-refractivity contribution in [3.05, 3.63) is 0 Å². The lowest BCUT2D eigenvalue weighted by Gasteiger charge is -2.41. The van der Waals surface area contributed by atoms with E-state index in [9.17, 15) is 10.2 Å². The quantitative estimate of drug-likeness (QED) is 0.0753. The molecule has 49 heavy (non-hydrogen) atoms. The van der Waals surface area contributed by atoms with Crippen molar-refractivity contribution >= 4 is 67.5 Å². The van der Waals surface area contributed by atoms with Crippen molar-refractivity contribution < 1.29 is 34.9 Å². The van der Waals surface area contributed by atoms with Crippen LogP contribution in [0.5, 0.6) is 0 Å². The second-order valence-electron chi connectivity index (χ2n) is 19.0. The zero-order valence-electron chi connectivity index (χ0n) is 35.7. The standard InChI is InChI=1S/C33H84O8Si8/c1-19-21-27-42(3,4)36-46(11,12)40-48(15,16)38-44(7,8)29-23-25-33(31-34,32-35)26-24-30-45(9,10)39-49(17,18)41-47(13,14)37-43(5,6)28-22-20-2/h34-35H,19-32H2,1-18H3. The Morgan fingerprint density at radius 3 is 0.796 bits per heavy atom. The molecule has 2 N–H and O–H groups in total. The van der Waals surface area contributed by atoms with Crippen molar-refractivity contribution in [1.29, 1.82) is 0 Å². The van der Waals surface area contributed by atoms with Gasteiger partial charge < -0.3 is 34.9 Å². The largest absolute Gasteiger partial charge is 0.436 e. The first-order chi connectivity index (χ1) is 21.9. The summed E-state index contributed by atoms with van der Waals surface area (Å²) >= 11 is 0. The fourth-order valence-corrected chi connectivity index (χ4v) is 46.6. The molecule has 0 bridgehead atoms. The summed E-state index contributed by atoms with van der Waals surface area (Å²) in [5, 5.41) is 21.0. The van der Waals surface area contributed by atoms with Gasteiger partial charge in [0.25, 0.3) is 0 Å². The van der Waals surface area contributed by atoms with Gasteiger partial charge in [0.2, 0.25) is 0 Å². The van der Waals surface area contributed by atoms with Crippen LogP contribution in [0.15, 0.2) is 0 Å². The Morgan fingerprint density at radius 1 is 0.367 bits per heavy atom. The van der Waals surface area contributed by atoms with Crippen molar-refractivity contribution in [1.82, 2.24) is 0 Å². The molecule has 0 aliphatic rings. The van der Waals surface area contributed by atoms with Gasteiger partial charge in [0.15, 0.2) is 33.3 Å². The molecule has 0 unspecified atom stereocenters. The summed E-state index contributed by atoms with van der Waals surface area (Å²) in [6.07, 6.45) is 8.20. The topological polar surface area (TPSA) is 95.8 Å². The highest BCUT2D eigenvalue weighted by atomic mass is 28.5. The van der Waals surface area contributed by atoms with E-state index < -0.39 is 72.9 Å². The van der Waals surface area contributed by atoms with Gasteiger partial charge >= 0.3 is 34.2 Å². The zero-order chi connectivity index (χ0) is 38.6. The SMILES string of the molecule is CCCC[Si](C)(C)O[Si](C)(C)O[Si](C)(C)O[Si](C)(C)CCCC(CO)(CO)CCC[Si](C)(C)O[Si](C)(C)O[Si](C)(C)O[Si](C)(C)CCCC. The molecule has 0 rings (SSSR count). The van der Waals surface area contributed by atoms with Crippen molar-refractivity contribution in [3.8, 4) is 0 Å². The lowest BCUT2D eigenvalue weighted by atomic mass is 9.81. The molecule has 0 aromatic carbocycles. The van der Waals surface area contributed by atoms with Crippen molar-refractivity contribution in [2.24, 2.45) is 5.41 Å². The van der Waals surface area contributed by atoms with Gasteiger partial charge in [0.1, 0.15) is 0 Å². The van der Waals surface area contributed by atoms with Crippen molar-refractivity contribution in [2.75, 3.05) is 13.2 Å². The Morgan fingerprint density at radius 2 is 0.592 bits per heavy atom. The Balaban J connectivity index is 5.17. The van der Waals surface area contributed by atoms with E-state index in [2.05, 4.69) is 119 Å². The maximum Gasteiger partial charge on any atom is 0.312 e. The van der Waals surface area contributed by atoms with Gasteiger partial charge in [0.05, 0.1) is 13.2 Å². The highest BCUT2D eigenvalue weighted by Crippen LogP contribution is 2.35. The van der Waals surface area contributed by atoms with Crippen LogP contribution in [-0.2, 0) is 24.7 Å². The van der Waals surface area contributed by atoms with Gasteiger partial charge in [-0.3, -0.25) is 0 Å². The average molecular weight is 834 g/mol. The fourth-order valence-electron chi connectivity index (χ4n) is 7.61. The highest BCUT2D eigenvalue weighted by molar-refractivity contribution is 6.90. The summed E-state index contributed by atoms with van der Waals surface area (Å²) < 4.78 is 40.7. The third kappa shape index (κ3) is 23.1. The van der Waals surface area contributed by atoms with Gasteiger partial charge in [-0.05, 0) is 142 Å². The fraction of sp³-hybridized carbons (Fsp3) is 1.00. The molecule has 0 aliphatic carbocycles. The minimum atomic E-state index is -2.41. The van der Waals surface area contributed by atoms with Crippen molar-refractivity contribution in [3.63, 3.8) is 0 Å². The molecule has 0 aromatic heterocycles. The molecule has 0 heterocycles. The number of unbranched alkanes of at least 4 members (excludes halogenated alkanes) is 2. The number of rotatable bonds is 28. The summed E-state index contributed by atoms with van der Waals surface area (Å²) in [5.74, 6) is 0. The van der Waals surface area contributed by atoms with E-state index in [1.165, 1.54) is 37.8 Å². The van der Waals surface area contributed by atoms with Crippen LogP contribution in [0.4, 0.5) is 0 Å². The lowest BCUT2D eigenvalue weighted by molar-refractivity contribution is 0.0381. The summed E-state index contributed by atoms with van der Waals surface area (Å²) in [5.41, 5.74) is -0.489. The number of aliphatic hydroxyl groups excluding tert-OH is 2. The van der Waals surface area contributed by atoms with Gasteiger partial charge in [-0.2, -0.15) is 0 Å². The minimum absolute atomic E-state index is 0.00837. The third-order valence-corrected chi connectivity index (χ3v) is 39.8. The second kappa shape index (κ2) is 20.4. The Kier molecular flexibility index (Phi) is 21.0. The first-order valence-corrected chi connectivity index (χ1v) is 43.1. The van der Waals surface area contributed by atoms with E-state index in [4.69, 9.17) is 24.7 Å². The summed E-state index contributed by atoms with van der Waals surface area (Å²) in [6, 6.07) is 4.26. The van der Waals surface area contributed by atoms with E-state index in [0.717, 1.165) is 37.8 Å². The van der Waals surface area contributed by atoms with Gasteiger partial charge in [-0.25, -0.2) is 0 Å². The second-order valence-corrected chi connectivity index (χ2v) is 51.2. The summed E-state index contributed by atoms with van der Waals surface area (Å²) in [4.78, 5) is 0. The van der Waals surface area contributed by atoms with E-state index in [-0.39, 0.29) is 13.2 Å². The molecule has 0 amide bonds. The molecular formula is C33H84O8Si8. The maximum atomic E-state index is 10.5. The number of hydrogen-bond acceptors (Lipinski definition) is 8. The minimum Gasteiger partial charge on any atom is -0.436 e. The molecule has 0 saturated carbocycles. The van der Waals surface area contributed by atoms with Gasteiger partial charge in [-0.15, -0.1) is 0 Å². The Labute approximate surface area is 313 Å². The molecule has 16 heteroatoms. The van der Waals surface area contributed by atoms with Gasteiger partial charge in [0, 0.05) is 5.41 Å². The molecule has 0 radical (unpaired) electrons. The average Bonchev–Trinajstić information content (AvgIpc) is 2.85. The lowest BCUT2D eigenvalue weighted by Crippen LogP contribution is -2.56. The maximum absolute atomic E-state index is 10.5. The van der Waals surface area contributed by atoms with Crippen LogP contribution in [-0.4, -0.2) is 90.9 Å². The summed E-state index contributed by atoms with van der Waals surface area (Å²) in [7, 11) is -17.1. The molecule has 0 aromatic rings. The molecule has 0 spiro atoms.